The molecule has 1 aromatic rings. The van der Waals surface area contributed by atoms with Gasteiger partial charge in [-0.3, -0.25) is 0 Å². The molecule has 2 aliphatic carbocycles. The van der Waals surface area contributed by atoms with Crippen molar-refractivity contribution in [3.63, 3.8) is 0 Å². The van der Waals surface area contributed by atoms with Crippen LogP contribution in [-0.2, 0) is 0 Å². The van der Waals surface area contributed by atoms with Crippen molar-refractivity contribution < 1.29 is 5.11 Å². The zero-order valence-corrected chi connectivity index (χ0v) is 11.4. The van der Waals surface area contributed by atoms with E-state index in [1.54, 1.807) is 0 Å². The van der Waals surface area contributed by atoms with E-state index in [1.165, 1.54) is 48.8 Å². The summed E-state index contributed by atoms with van der Waals surface area (Å²) in [5, 5.41) is 10.2. The molecule has 1 aromatic carbocycles. The average molecular weight is 244 g/mol. The van der Waals surface area contributed by atoms with Crippen LogP contribution < -0.4 is 0 Å². The van der Waals surface area contributed by atoms with Gasteiger partial charge in [-0.05, 0) is 54.2 Å². The van der Waals surface area contributed by atoms with E-state index in [1.807, 2.05) is 0 Å². The van der Waals surface area contributed by atoms with Crippen LogP contribution in [0.2, 0.25) is 0 Å². The normalized spacial score (nSPS) is 29.0. The van der Waals surface area contributed by atoms with Crippen LogP contribution in [0.15, 0.2) is 18.2 Å². The second-order valence-corrected chi connectivity index (χ2v) is 6.22. The van der Waals surface area contributed by atoms with Crippen LogP contribution in [0.3, 0.4) is 0 Å². The van der Waals surface area contributed by atoms with Crippen LogP contribution in [0, 0.1) is 0 Å². The Bertz CT molecular complexity index is 418. The maximum Gasteiger partial charge on any atom is 0.0793 e. The monoisotopic (exact) mass is 244 g/mol. The number of aliphatic hydroxyl groups excluding tert-OH is 1. The Labute approximate surface area is 110 Å². The first kappa shape index (κ1) is 12.2. The third-order valence-corrected chi connectivity index (χ3v) is 4.95. The quantitative estimate of drug-likeness (QED) is 0.761. The Balaban J connectivity index is 1.91. The van der Waals surface area contributed by atoms with Crippen molar-refractivity contribution in [3.05, 3.63) is 34.9 Å². The van der Waals surface area contributed by atoms with Crippen molar-refractivity contribution in [2.75, 3.05) is 0 Å². The summed E-state index contributed by atoms with van der Waals surface area (Å²) in [5.74, 6) is 1.36. The lowest BCUT2D eigenvalue weighted by Crippen LogP contribution is -2.14. The number of hydrogen-bond donors (Lipinski definition) is 1. The van der Waals surface area contributed by atoms with Gasteiger partial charge in [-0.25, -0.2) is 0 Å². The lowest BCUT2D eigenvalue weighted by Gasteiger charge is -2.29. The predicted octanol–water partition coefficient (Wildman–Crippen LogP) is 4.67. The molecule has 0 heterocycles. The average Bonchev–Trinajstić information content (AvgIpc) is 2.44. The van der Waals surface area contributed by atoms with Gasteiger partial charge in [-0.2, -0.15) is 0 Å². The number of benzene rings is 1. The van der Waals surface area contributed by atoms with E-state index in [0.717, 1.165) is 18.8 Å². The smallest absolute Gasteiger partial charge is 0.0793 e. The van der Waals surface area contributed by atoms with Gasteiger partial charge < -0.3 is 5.11 Å². The molecule has 1 N–H and O–H groups in total. The van der Waals surface area contributed by atoms with Crippen molar-refractivity contribution in [1.82, 2.24) is 0 Å². The minimum atomic E-state index is -0.222. The second-order valence-electron chi connectivity index (χ2n) is 6.22. The number of aliphatic hydroxyl groups is 1. The fourth-order valence-electron chi connectivity index (χ4n) is 3.74. The molecule has 0 bridgehead atoms. The molecule has 0 radical (unpaired) electrons. The molecule has 0 aromatic heterocycles. The molecular weight excluding hydrogens is 220 g/mol. The summed E-state index contributed by atoms with van der Waals surface area (Å²) in [6.07, 6.45) is 8.66. The third kappa shape index (κ3) is 2.21. The van der Waals surface area contributed by atoms with Crippen LogP contribution in [0.5, 0.6) is 0 Å². The molecule has 0 aliphatic heterocycles. The highest BCUT2D eigenvalue weighted by Gasteiger charge is 2.25. The lowest BCUT2D eigenvalue weighted by molar-refractivity contribution is 0.151. The molecule has 2 atom stereocenters. The lowest BCUT2D eigenvalue weighted by atomic mass is 9.78. The maximum atomic E-state index is 10.2. The first-order valence-corrected chi connectivity index (χ1v) is 7.57. The van der Waals surface area contributed by atoms with Crippen molar-refractivity contribution in [3.8, 4) is 0 Å². The van der Waals surface area contributed by atoms with Crippen molar-refractivity contribution in [2.24, 2.45) is 0 Å². The molecule has 1 fully saturated rings. The molecule has 2 aliphatic rings. The van der Waals surface area contributed by atoms with E-state index in [2.05, 4.69) is 25.1 Å². The first-order chi connectivity index (χ1) is 8.75. The molecule has 18 heavy (non-hydrogen) atoms. The molecule has 1 heteroatoms. The van der Waals surface area contributed by atoms with Gasteiger partial charge in [0.05, 0.1) is 6.10 Å². The van der Waals surface area contributed by atoms with E-state index >= 15 is 0 Å². The summed E-state index contributed by atoms with van der Waals surface area (Å²) in [7, 11) is 0. The highest BCUT2D eigenvalue weighted by atomic mass is 16.3. The summed E-state index contributed by atoms with van der Waals surface area (Å²) < 4.78 is 0. The number of fused-ring (bicyclic) bond motifs is 1. The first-order valence-electron chi connectivity index (χ1n) is 7.57. The van der Waals surface area contributed by atoms with Gasteiger partial charge >= 0.3 is 0 Å². The maximum absolute atomic E-state index is 10.2. The molecule has 0 saturated heterocycles. The van der Waals surface area contributed by atoms with Crippen LogP contribution in [0.4, 0.5) is 0 Å². The van der Waals surface area contributed by atoms with E-state index in [4.69, 9.17) is 0 Å². The van der Waals surface area contributed by atoms with Crippen LogP contribution >= 0.6 is 0 Å². The van der Waals surface area contributed by atoms with E-state index < -0.39 is 0 Å². The van der Waals surface area contributed by atoms with Gasteiger partial charge in [0.1, 0.15) is 0 Å². The van der Waals surface area contributed by atoms with Crippen LogP contribution in [-0.4, -0.2) is 5.11 Å². The fraction of sp³-hybridized carbons (Fsp3) is 0.647. The van der Waals surface area contributed by atoms with E-state index in [0.29, 0.717) is 5.92 Å². The van der Waals surface area contributed by atoms with Crippen LogP contribution in [0.25, 0.3) is 0 Å². The summed E-state index contributed by atoms with van der Waals surface area (Å²) in [4.78, 5) is 0. The van der Waals surface area contributed by atoms with Crippen molar-refractivity contribution in [2.45, 2.75) is 69.8 Å². The van der Waals surface area contributed by atoms with E-state index in [9.17, 15) is 5.11 Å². The number of rotatable bonds is 1. The highest BCUT2D eigenvalue weighted by Crippen LogP contribution is 2.40. The topological polar surface area (TPSA) is 20.2 Å². The Hall–Kier alpha value is -0.820. The van der Waals surface area contributed by atoms with Gasteiger partial charge in [-0.1, -0.05) is 44.4 Å². The summed E-state index contributed by atoms with van der Waals surface area (Å²) in [6, 6.07) is 6.92. The Morgan fingerprint density at radius 1 is 0.944 bits per heavy atom. The molecular formula is C17H24O. The Morgan fingerprint density at radius 3 is 2.50 bits per heavy atom. The summed E-state index contributed by atoms with van der Waals surface area (Å²) in [5.41, 5.74) is 4.08. The van der Waals surface area contributed by atoms with Gasteiger partial charge in [0.2, 0.25) is 0 Å². The molecule has 1 saturated carbocycles. The summed E-state index contributed by atoms with van der Waals surface area (Å²) >= 11 is 0. The van der Waals surface area contributed by atoms with Gasteiger partial charge in [0.25, 0.3) is 0 Å². The Morgan fingerprint density at radius 2 is 1.72 bits per heavy atom. The van der Waals surface area contributed by atoms with Gasteiger partial charge in [-0.15, -0.1) is 0 Å². The number of hydrogen-bond acceptors (Lipinski definition) is 1. The second kappa shape index (κ2) is 5.05. The zero-order chi connectivity index (χ0) is 12.5. The molecule has 3 rings (SSSR count). The van der Waals surface area contributed by atoms with E-state index in [-0.39, 0.29) is 6.10 Å². The SMILES string of the molecule is CC1CC[C@@H](O)c2cc(C3CCCCC3)ccc21. The fourth-order valence-corrected chi connectivity index (χ4v) is 3.74. The molecule has 98 valence electrons. The molecule has 1 nitrogen and oxygen atoms in total. The standard InChI is InChI=1S/C17H24O/c1-12-7-10-17(18)16-11-14(8-9-15(12)16)13-5-3-2-4-6-13/h8-9,11-13,17-18H,2-7,10H2,1H3/t12?,17-/m1/s1. The van der Waals surface area contributed by atoms with Crippen molar-refractivity contribution in [1.29, 1.82) is 0 Å². The van der Waals surface area contributed by atoms with Crippen LogP contribution in [0.1, 0.15) is 86.5 Å². The van der Waals surface area contributed by atoms with Crippen molar-refractivity contribution >= 4 is 0 Å². The van der Waals surface area contributed by atoms with Gasteiger partial charge in [0, 0.05) is 0 Å². The van der Waals surface area contributed by atoms with Gasteiger partial charge in [0.15, 0.2) is 0 Å². The molecule has 0 amide bonds. The third-order valence-electron chi connectivity index (χ3n) is 4.95. The minimum absolute atomic E-state index is 0.222. The zero-order valence-electron chi connectivity index (χ0n) is 11.4. The minimum Gasteiger partial charge on any atom is -0.388 e. The largest absolute Gasteiger partial charge is 0.388 e. The highest BCUT2D eigenvalue weighted by molar-refractivity contribution is 5.39. The molecule has 0 spiro atoms. The Kier molecular flexibility index (Phi) is 3.43. The molecule has 1 unspecified atom stereocenters. The predicted molar refractivity (Wildman–Crippen MR) is 74.9 cm³/mol. The summed E-state index contributed by atoms with van der Waals surface area (Å²) in [6.45, 7) is 2.28.